The normalized spacial score (nSPS) is 14.4. The van der Waals surface area contributed by atoms with Crippen molar-refractivity contribution in [3.05, 3.63) is 35.4 Å². The summed E-state index contributed by atoms with van der Waals surface area (Å²) >= 11 is 2.07. The summed E-state index contributed by atoms with van der Waals surface area (Å²) in [4.78, 5) is 0. The maximum absolute atomic E-state index is 3.69. The summed E-state index contributed by atoms with van der Waals surface area (Å²) in [6.07, 6.45) is 2.44. The molecule has 1 aromatic rings. The summed E-state index contributed by atoms with van der Waals surface area (Å²) in [6, 6.07) is 9.44. The van der Waals surface area contributed by atoms with E-state index >= 15 is 0 Å². The van der Waals surface area contributed by atoms with Gasteiger partial charge in [-0.1, -0.05) is 50.6 Å². The fourth-order valence-electron chi connectivity index (χ4n) is 2.03. The summed E-state index contributed by atoms with van der Waals surface area (Å²) in [5.74, 6) is 1.25. The molecule has 0 amide bonds. The highest BCUT2D eigenvalue weighted by molar-refractivity contribution is 7.99. The third-order valence-electron chi connectivity index (χ3n) is 3.11. The van der Waals surface area contributed by atoms with Crippen molar-refractivity contribution < 1.29 is 0 Å². The Labute approximate surface area is 117 Å². The minimum absolute atomic E-state index is 0.474. The Morgan fingerprint density at radius 3 is 2.33 bits per heavy atom. The quantitative estimate of drug-likeness (QED) is 0.739. The van der Waals surface area contributed by atoms with Gasteiger partial charge in [0.1, 0.15) is 0 Å². The lowest BCUT2D eigenvalue weighted by Gasteiger charge is -2.25. The van der Waals surface area contributed by atoms with Crippen LogP contribution in [0.3, 0.4) is 0 Å². The van der Waals surface area contributed by atoms with Gasteiger partial charge in [0.15, 0.2) is 0 Å². The molecule has 0 saturated heterocycles. The number of aryl methyl sites for hydroxylation is 1. The Hall–Kier alpha value is -0.470. The van der Waals surface area contributed by atoms with Gasteiger partial charge in [-0.25, -0.2) is 0 Å². The molecule has 1 rings (SSSR count). The van der Waals surface area contributed by atoms with E-state index in [2.05, 4.69) is 69.0 Å². The Bertz CT molecular complexity index is 320. The van der Waals surface area contributed by atoms with E-state index in [4.69, 9.17) is 0 Å². The zero-order valence-corrected chi connectivity index (χ0v) is 13.0. The van der Waals surface area contributed by atoms with Crippen LogP contribution in [0.5, 0.6) is 0 Å². The number of benzene rings is 1. The first-order valence-corrected chi connectivity index (χ1v) is 8.15. The molecule has 1 N–H and O–H groups in total. The maximum Gasteiger partial charge on any atom is 0.0437 e. The first-order valence-electron chi connectivity index (χ1n) is 7.10. The molecule has 0 aliphatic heterocycles. The summed E-state index contributed by atoms with van der Waals surface area (Å²) in [7, 11) is 0. The summed E-state index contributed by atoms with van der Waals surface area (Å²) in [5.41, 5.74) is 2.76. The topological polar surface area (TPSA) is 12.0 Å². The van der Waals surface area contributed by atoms with E-state index in [1.807, 2.05) is 0 Å². The van der Waals surface area contributed by atoms with Crippen LogP contribution in [0.4, 0.5) is 0 Å². The molecule has 1 aromatic carbocycles. The smallest absolute Gasteiger partial charge is 0.0437 e. The molecule has 18 heavy (non-hydrogen) atoms. The van der Waals surface area contributed by atoms with Crippen LogP contribution >= 0.6 is 11.8 Å². The Balaban J connectivity index is 2.73. The number of hydrogen-bond acceptors (Lipinski definition) is 2. The second-order valence-electron chi connectivity index (χ2n) is 4.92. The molecule has 0 aliphatic rings. The lowest BCUT2D eigenvalue weighted by molar-refractivity contribution is 0.528. The van der Waals surface area contributed by atoms with Crippen LogP contribution in [0.1, 0.15) is 50.8 Å². The van der Waals surface area contributed by atoms with Gasteiger partial charge in [-0.3, -0.25) is 0 Å². The van der Waals surface area contributed by atoms with E-state index in [0.29, 0.717) is 11.3 Å². The molecular weight excluding hydrogens is 238 g/mol. The lowest BCUT2D eigenvalue weighted by Crippen LogP contribution is -2.29. The monoisotopic (exact) mass is 265 g/mol. The van der Waals surface area contributed by atoms with Crippen molar-refractivity contribution in [2.45, 2.75) is 51.8 Å². The van der Waals surface area contributed by atoms with Crippen molar-refractivity contribution in [1.82, 2.24) is 5.32 Å². The number of rotatable bonds is 8. The van der Waals surface area contributed by atoms with Crippen LogP contribution in [0.25, 0.3) is 0 Å². The van der Waals surface area contributed by atoms with Gasteiger partial charge < -0.3 is 5.32 Å². The van der Waals surface area contributed by atoms with Crippen LogP contribution in [0.15, 0.2) is 24.3 Å². The second-order valence-corrected chi connectivity index (χ2v) is 6.40. The zero-order valence-electron chi connectivity index (χ0n) is 12.2. The van der Waals surface area contributed by atoms with E-state index < -0.39 is 0 Å². The highest BCUT2D eigenvalue weighted by Gasteiger charge is 2.18. The van der Waals surface area contributed by atoms with E-state index in [0.717, 1.165) is 6.54 Å². The van der Waals surface area contributed by atoms with E-state index in [9.17, 15) is 0 Å². The summed E-state index contributed by atoms with van der Waals surface area (Å²) in [5, 5.41) is 4.32. The van der Waals surface area contributed by atoms with Crippen molar-refractivity contribution in [2.24, 2.45) is 0 Å². The number of thioether (sulfide) groups is 1. The minimum atomic E-state index is 0.474. The van der Waals surface area contributed by atoms with Crippen molar-refractivity contribution in [1.29, 1.82) is 0 Å². The van der Waals surface area contributed by atoms with Crippen LogP contribution in [0.2, 0.25) is 0 Å². The maximum atomic E-state index is 3.69. The molecule has 0 spiro atoms. The van der Waals surface area contributed by atoms with Gasteiger partial charge in [-0.2, -0.15) is 11.8 Å². The van der Waals surface area contributed by atoms with Crippen LogP contribution in [-0.4, -0.2) is 17.5 Å². The first kappa shape index (κ1) is 15.6. The van der Waals surface area contributed by atoms with E-state index in [1.165, 1.54) is 29.7 Å². The van der Waals surface area contributed by atoms with Crippen molar-refractivity contribution in [3.8, 4) is 0 Å². The van der Waals surface area contributed by atoms with Crippen LogP contribution < -0.4 is 5.32 Å². The third-order valence-corrected chi connectivity index (χ3v) is 4.55. The van der Waals surface area contributed by atoms with Gasteiger partial charge >= 0.3 is 0 Å². The molecule has 102 valence electrons. The molecule has 0 aliphatic carbocycles. The fraction of sp³-hybridized carbons (Fsp3) is 0.625. The standard InChI is InChI=1S/C16H27NS/c1-5-11-17-16(14(4)18-12-6-2)15-9-7-13(3)8-10-15/h7-10,14,16-17H,5-6,11-12H2,1-4H3. The van der Waals surface area contributed by atoms with Crippen molar-refractivity contribution in [2.75, 3.05) is 12.3 Å². The molecule has 2 heteroatoms. The van der Waals surface area contributed by atoms with Gasteiger partial charge in [0.25, 0.3) is 0 Å². The molecule has 1 nitrogen and oxygen atoms in total. The predicted octanol–water partition coefficient (Wildman–Crippen LogP) is 4.57. The lowest BCUT2D eigenvalue weighted by atomic mass is 10.0. The summed E-state index contributed by atoms with van der Waals surface area (Å²) in [6.45, 7) is 10.1. The molecule has 2 atom stereocenters. The molecule has 0 fully saturated rings. The third kappa shape index (κ3) is 5.03. The van der Waals surface area contributed by atoms with E-state index in [-0.39, 0.29) is 0 Å². The van der Waals surface area contributed by atoms with Crippen molar-refractivity contribution in [3.63, 3.8) is 0 Å². The predicted molar refractivity (Wildman–Crippen MR) is 84.4 cm³/mol. The molecule has 0 heterocycles. The number of hydrogen-bond donors (Lipinski definition) is 1. The Morgan fingerprint density at radius 2 is 1.78 bits per heavy atom. The number of nitrogens with one attached hydrogen (secondary N) is 1. The molecule has 2 unspecified atom stereocenters. The Kier molecular flexibility index (Phi) is 7.45. The molecular formula is C16H27NS. The molecule has 0 aromatic heterocycles. The van der Waals surface area contributed by atoms with Gasteiger partial charge in [0.2, 0.25) is 0 Å². The van der Waals surface area contributed by atoms with Crippen molar-refractivity contribution >= 4 is 11.8 Å². The second kappa shape index (κ2) is 8.60. The highest BCUT2D eigenvalue weighted by Crippen LogP contribution is 2.27. The van der Waals surface area contributed by atoms with E-state index in [1.54, 1.807) is 0 Å². The van der Waals surface area contributed by atoms with Gasteiger partial charge in [0, 0.05) is 11.3 Å². The van der Waals surface area contributed by atoms with Gasteiger partial charge in [-0.05, 0) is 37.6 Å². The SMILES string of the molecule is CCCNC(c1ccc(C)cc1)C(C)SCCC. The van der Waals surface area contributed by atoms with Gasteiger partial charge in [-0.15, -0.1) is 0 Å². The summed E-state index contributed by atoms with van der Waals surface area (Å²) < 4.78 is 0. The molecule has 0 saturated carbocycles. The van der Waals surface area contributed by atoms with Gasteiger partial charge in [0.05, 0.1) is 0 Å². The van der Waals surface area contributed by atoms with Crippen LogP contribution in [0, 0.1) is 6.92 Å². The molecule has 0 bridgehead atoms. The fourth-order valence-corrected chi connectivity index (χ4v) is 3.08. The average molecular weight is 265 g/mol. The largest absolute Gasteiger partial charge is 0.309 e. The van der Waals surface area contributed by atoms with Crippen LogP contribution in [-0.2, 0) is 0 Å². The first-order chi connectivity index (χ1) is 8.69. The average Bonchev–Trinajstić information content (AvgIpc) is 2.38. The minimum Gasteiger partial charge on any atom is -0.309 e. The Morgan fingerprint density at radius 1 is 1.11 bits per heavy atom. The highest BCUT2D eigenvalue weighted by atomic mass is 32.2. The zero-order chi connectivity index (χ0) is 13.4. The molecule has 0 radical (unpaired) electrons.